The molecule has 0 radical (unpaired) electrons. The summed E-state index contributed by atoms with van der Waals surface area (Å²) in [5.74, 6) is 1.06. The van der Waals surface area contributed by atoms with E-state index in [2.05, 4.69) is 16.2 Å². The summed E-state index contributed by atoms with van der Waals surface area (Å²) in [7, 11) is 0. The second-order valence-electron chi connectivity index (χ2n) is 5.58. The fourth-order valence-corrected chi connectivity index (χ4v) is 3.97. The van der Waals surface area contributed by atoms with E-state index in [1.54, 1.807) is 17.4 Å². The number of hydrogen-bond donors (Lipinski definition) is 1. The molecule has 0 bridgehead atoms. The van der Waals surface area contributed by atoms with Crippen LogP contribution in [-0.2, 0) is 5.54 Å². The van der Waals surface area contributed by atoms with Gasteiger partial charge in [0.25, 0.3) is 5.89 Å². The summed E-state index contributed by atoms with van der Waals surface area (Å²) in [6.45, 7) is 0. The smallest absolute Gasteiger partial charge is 0.250 e. The summed E-state index contributed by atoms with van der Waals surface area (Å²) in [5, 5.41) is 5.82. The van der Waals surface area contributed by atoms with E-state index in [0.29, 0.717) is 11.7 Å². The molecule has 120 valence electrons. The van der Waals surface area contributed by atoms with Gasteiger partial charge < -0.3 is 10.3 Å². The van der Waals surface area contributed by atoms with E-state index in [1.165, 1.54) is 0 Å². The largest absolute Gasteiger partial charge is 0.335 e. The monoisotopic (exact) mass is 367 g/mol. The van der Waals surface area contributed by atoms with Gasteiger partial charge in [0.1, 0.15) is 0 Å². The number of fused-ring (bicyclic) bond motifs is 1. The molecular formula is C16H15Cl2N3OS. The fourth-order valence-electron chi connectivity index (χ4n) is 2.57. The predicted molar refractivity (Wildman–Crippen MR) is 97.0 cm³/mol. The van der Waals surface area contributed by atoms with Gasteiger partial charge in [0.15, 0.2) is 5.82 Å². The van der Waals surface area contributed by atoms with E-state index in [4.69, 9.17) is 21.9 Å². The van der Waals surface area contributed by atoms with Gasteiger partial charge in [0.05, 0.1) is 10.6 Å². The second kappa shape index (κ2) is 6.24. The number of benzene rings is 1. The number of thiophene rings is 1. The van der Waals surface area contributed by atoms with Crippen LogP contribution in [-0.4, -0.2) is 10.1 Å². The zero-order valence-electron chi connectivity index (χ0n) is 12.2. The van der Waals surface area contributed by atoms with E-state index in [1.807, 2.05) is 24.3 Å². The van der Waals surface area contributed by atoms with Crippen LogP contribution in [0.1, 0.15) is 35.9 Å². The molecule has 4 rings (SSSR count). The maximum atomic E-state index is 6.41. The molecule has 0 spiro atoms. The zero-order chi connectivity index (χ0) is 15.2. The molecule has 0 amide bonds. The molecule has 0 atom stereocenters. The molecule has 2 N–H and O–H groups in total. The van der Waals surface area contributed by atoms with Crippen LogP contribution in [0.3, 0.4) is 0 Å². The van der Waals surface area contributed by atoms with Gasteiger partial charge in [-0.15, -0.1) is 23.7 Å². The summed E-state index contributed by atoms with van der Waals surface area (Å²) in [4.78, 5) is 5.35. The first-order valence-corrected chi connectivity index (χ1v) is 8.33. The number of nitrogens with two attached hydrogens (primary N) is 1. The number of hydrogen-bond acceptors (Lipinski definition) is 5. The maximum absolute atomic E-state index is 6.41. The van der Waals surface area contributed by atoms with E-state index >= 15 is 0 Å². The van der Waals surface area contributed by atoms with Crippen LogP contribution in [0.15, 0.2) is 28.8 Å². The molecule has 3 aromatic rings. The number of nitrogens with zero attached hydrogens (tertiary/aromatic N) is 2. The zero-order valence-corrected chi connectivity index (χ0v) is 14.5. The predicted octanol–water partition coefficient (Wildman–Crippen LogP) is 4.87. The molecule has 2 aromatic heterocycles. The Kier molecular flexibility index (Phi) is 4.47. The minimum Gasteiger partial charge on any atom is -0.335 e. The van der Waals surface area contributed by atoms with Crippen LogP contribution in [0.2, 0.25) is 5.02 Å². The van der Waals surface area contributed by atoms with Gasteiger partial charge in [-0.05, 0) is 31.4 Å². The standard InChI is InChI=1S/C16H14ClN3OS.ClH/c17-14-10-4-1-2-5-11(10)22-12(14)6-7-13-19-15(20-21-13)16(18)8-3-9-16;/h1-2,4-7H,3,8-9,18H2;1H/b7-6+;. The molecule has 4 nitrogen and oxygen atoms in total. The Morgan fingerprint density at radius 1 is 1.26 bits per heavy atom. The molecule has 1 aliphatic rings. The van der Waals surface area contributed by atoms with Crippen molar-refractivity contribution in [1.82, 2.24) is 10.1 Å². The Morgan fingerprint density at radius 3 is 2.74 bits per heavy atom. The van der Waals surface area contributed by atoms with Gasteiger partial charge in [-0.2, -0.15) is 4.98 Å². The summed E-state index contributed by atoms with van der Waals surface area (Å²) in [6, 6.07) is 8.07. The van der Waals surface area contributed by atoms with Gasteiger partial charge in [0, 0.05) is 21.0 Å². The first kappa shape index (κ1) is 16.5. The normalized spacial score (nSPS) is 16.4. The molecule has 1 aromatic carbocycles. The van der Waals surface area contributed by atoms with Gasteiger partial charge in [-0.1, -0.05) is 35.0 Å². The van der Waals surface area contributed by atoms with E-state index < -0.39 is 5.54 Å². The molecule has 1 saturated carbocycles. The number of rotatable bonds is 3. The molecule has 1 fully saturated rings. The van der Waals surface area contributed by atoms with Crippen molar-refractivity contribution in [1.29, 1.82) is 0 Å². The SMILES string of the molecule is Cl.NC1(c2noc(/C=C/c3sc4ccccc4c3Cl)n2)CCC1. The lowest BCUT2D eigenvalue weighted by molar-refractivity contribution is 0.229. The Hall–Kier alpha value is -1.40. The van der Waals surface area contributed by atoms with Crippen molar-refractivity contribution in [2.45, 2.75) is 24.8 Å². The minimum absolute atomic E-state index is 0. The third-order valence-electron chi connectivity index (χ3n) is 4.07. The molecule has 7 heteroatoms. The van der Waals surface area contributed by atoms with Crippen molar-refractivity contribution in [3.63, 3.8) is 0 Å². The number of aromatic nitrogens is 2. The van der Waals surface area contributed by atoms with E-state index in [0.717, 1.165) is 39.2 Å². The average Bonchev–Trinajstić information content (AvgIpc) is 3.09. The summed E-state index contributed by atoms with van der Waals surface area (Å²) in [5.41, 5.74) is 5.79. The first-order valence-electron chi connectivity index (χ1n) is 7.14. The minimum atomic E-state index is -0.398. The van der Waals surface area contributed by atoms with E-state index in [9.17, 15) is 0 Å². The summed E-state index contributed by atoms with van der Waals surface area (Å²) in [6.07, 6.45) is 6.65. The lowest BCUT2D eigenvalue weighted by atomic mass is 9.77. The van der Waals surface area contributed by atoms with Crippen molar-refractivity contribution in [2.24, 2.45) is 5.73 Å². The summed E-state index contributed by atoms with van der Waals surface area (Å²) >= 11 is 8.04. The number of halogens is 2. The molecule has 0 unspecified atom stereocenters. The molecule has 2 heterocycles. The molecule has 1 aliphatic carbocycles. The highest BCUT2D eigenvalue weighted by molar-refractivity contribution is 7.20. The molecule has 0 saturated heterocycles. The maximum Gasteiger partial charge on any atom is 0.250 e. The Bertz CT molecular complexity index is 867. The highest BCUT2D eigenvalue weighted by atomic mass is 35.5. The lowest BCUT2D eigenvalue weighted by Gasteiger charge is -2.34. The third-order valence-corrected chi connectivity index (χ3v) is 5.73. The van der Waals surface area contributed by atoms with Crippen molar-refractivity contribution in [3.8, 4) is 0 Å². The quantitative estimate of drug-likeness (QED) is 0.717. The highest BCUT2D eigenvalue weighted by Crippen LogP contribution is 2.38. The van der Waals surface area contributed by atoms with Crippen LogP contribution in [0.25, 0.3) is 22.2 Å². The van der Waals surface area contributed by atoms with Crippen molar-refractivity contribution >= 4 is 57.6 Å². The Balaban J connectivity index is 0.00000156. The van der Waals surface area contributed by atoms with Crippen molar-refractivity contribution in [3.05, 3.63) is 45.9 Å². The van der Waals surface area contributed by atoms with Crippen LogP contribution < -0.4 is 5.73 Å². The average molecular weight is 368 g/mol. The third kappa shape index (κ3) is 2.90. The van der Waals surface area contributed by atoms with Crippen LogP contribution in [0.4, 0.5) is 0 Å². The fraction of sp³-hybridized carbons (Fsp3) is 0.250. The van der Waals surface area contributed by atoms with Gasteiger partial charge >= 0.3 is 0 Å². The van der Waals surface area contributed by atoms with Crippen LogP contribution in [0.5, 0.6) is 0 Å². The van der Waals surface area contributed by atoms with E-state index in [-0.39, 0.29) is 12.4 Å². The molecule has 23 heavy (non-hydrogen) atoms. The van der Waals surface area contributed by atoms with Crippen molar-refractivity contribution in [2.75, 3.05) is 0 Å². The first-order chi connectivity index (χ1) is 10.7. The molecular weight excluding hydrogens is 353 g/mol. The van der Waals surface area contributed by atoms with Gasteiger partial charge in [-0.3, -0.25) is 0 Å². The van der Waals surface area contributed by atoms with Crippen molar-refractivity contribution < 1.29 is 4.52 Å². The second-order valence-corrected chi connectivity index (χ2v) is 7.04. The molecule has 0 aliphatic heterocycles. The van der Waals surface area contributed by atoms with Gasteiger partial charge in [-0.25, -0.2) is 0 Å². The highest BCUT2D eigenvalue weighted by Gasteiger charge is 2.38. The van der Waals surface area contributed by atoms with Crippen LogP contribution in [0, 0.1) is 0 Å². The summed E-state index contributed by atoms with van der Waals surface area (Å²) < 4.78 is 6.42. The Morgan fingerprint density at radius 2 is 2.04 bits per heavy atom. The lowest BCUT2D eigenvalue weighted by Crippen LogP contribution is -2.44. The van der Waals surface area contributed by atoms with Crippen LogP contribution >= 0.6 is 35.3 Å². The Labute approximate surface area is 148 Å². The topological polar surface area (TPSA) is 64.9 Å². The van der Waals surface area contributed by atoms with Gasteiger partial charge in [0.2, 0.25) is 0 Å².